The molecule has 5 rings (SSSR count). The Balaban J connectivity index is 2.19. The van der Waals surface area contributed by atoms with Crippen molar-refractivity contribution in [1.29, 1.82) is 0 Å². The minimum atomic E-state index is 1.20. The van der Waals surface area contributed by atoms with Gasteiger partial charge >= 0.3 is 0 Å². The van der Waals surface area contributed by atoms with E-state index in [1.807, 2.05) is 24.8 Å². The molecule has 102 valence electrons. The Morgan fingerprint density at radius 3 is 1.32 bits per heavy atom. The molecule has 0 saturated carbocycles. The van der Waals surface area contributed by atoms with E-state index in [9.17, 15) is 0 Å². The van der Waals surface area contributed by atoms with Crippen LogP contribution >= 0.6 is 0 Å². The molecule has 2 aromatic heterocycles. The normalized spacial score (nSPS) is 11.6. The molecule has 2 heterocycles. The average molecular weight is 280 g/mol. The molecular weight excluding hydrogens is 268 g/mol. The van der Waals surface area contributed by atoms with E-state index < -0.39 is 0 Å². The lowest BCUT2D eigenvalue weighted by atomic mass is 9.94. The Morgan fingerprint density at radius 1 is 0.455 bits per heavy atom. The van der Waals surface area contributed by atoms with Crippen LogP contribution in [0.15, 0.2) is 73.3 Å². The van der Waals surface area contributed by atoms with Crippen LogP contribution in [-0.4, -0.2) is 9.97 Å². The van der Waals surface area contributed by atoms with E-state index in [0.29, 0.717) is 0 Å². The van der Waals surface area contributed by atoms with E-state index in [1.54, 1.807) is 0 Å². The first-order valence-electron chi connectivity index (χ1n) is 7.34. The molecule has 0 amide bonds. The fraction of sp³-hybridized carbons (Fsp3) is 0. The van der Waals surface area contributed by atoms with Crippen LogP contribution in [-0.2, 0) is 0 Å². The second kappa shape index (κ2) is 4.25. The van der Waals surface area contributed by atoms with Gasteiger partial charge in [0.25, 0.3) is 0 Å². The van der Waals surface area contributed by atoms with Gasteiger partial charge in [-0.05, 0) is 44.5 Å². The molecule has 5 aromatic rings. The Bertz CT molecular complexity index is 1070. The SMILES string of the molecule is c1cc2ccc3ccc4ccc5ccncc5c4c3c2cn1. The van der Waals surface area contributed by atoms with E-state index in [2.05, 4.69) is 58.5 Å². The van der Waals surface area contributed by atoms with E-state index in [4.69, 9.17) is 0 Å². The molecule has 0 aliphatic rings. The highest BCUT2D eigenvalue weighted by atomic mass is 14.6. The largest absolute Gasteiger partial charge is 0.264 e. The van der Waals surface area contributed by atoms with Crippen LogP contribution < -0.4 is 0 Å². The van der Waals surface area contributed by atoms with Crippen LogP contribution in [0.5, 0.6) is 0 Å². The molecule has 2 heteroatoms. The predicted octanol–water partition coefficient (Wildman–Crippen LogP) is 5.09. The van der Waals surface area contributed by atoms with Crippen LogP contribution in [0, 0.1) is 0 Å². The third-order valence-electron chi connectivity index (χ3n) is 4.40. The number of fused-ring (bicyclic) bond motifs is 7. The summed E-state index contributed by atoms with van der Waals surface area (Å²) >= 11 is 0. The van der Waals surface area contributed by atoms with Crippen LogP contribution in [0.25, 0.3) is 43.1 Å². The van der Waals surface area contributed by atoms with Gasteiger partial charge in [-0.25, -0.2) is 0 Å². The molecule has 0 radical (unpaired) electrons. The summed E-state index contributed by atoms with van der Waals surface area (Å²) in [5, 5.41) is 9.84. The van der Waals surface area contributed by atoms with Crippen LogP contribution in [0.1, 0.15) is 0 Å². The number of aromatic nitrogens is 2. The van der Waals surface area contributed by atoms with Crippen molar-refractivity contribution < 1.29 is 0 Å². The summed E-state index contributed by atoms with van der Waals surface area (Å²) in [5.74, 6) is 0. The highest BCUT2D eigenvalue weighted by molar-refractivity contribution is 6.27. The van der Waals surface area contributed by atoms with Crippen molar-refractivity contribution in [3.05, 3.63) is 73.3 Å². The molecule has 0 bridgehead atoms. The Kier molecular flexibility index (Phi) is 2.25. The highest BCUT2D eigenvalue weighted by Crippen LogP contribution is 2.35. The first-order valence-corrected chi connectivity index (χ1v) is 7.34. The number of pyridine rings is 2. The van der Waals surface area contributed by atoms with Crippen molar-refractivity contribution in [2.75, 3.05) is 0 Å². The summed E-state index contributed by atoms with van der Waals surface area (Å²) in [6, 6.07) is 17.2. The van der Waals surface area contributed by atoms with Crippen LogP contribution in [0.3, 0.4) is 0 Å². The number of hydrogen-bond donors (Lipinski definition) is 0. The zero-order valence-corrected chi connectivity index (χ0v) is 11.8. The monoisotopic (exact) mass is 280 g/mol. The first-order chi connectivity index (χ1) is 10.9. The van der Waals surface area contributed by atoms with E-state index in [0.717, 1.165) is 0 Å². The molecule has 0 aliphatic carbocycles. The minimum absolute atomic E-state index is 1.20. The van der Waals surface area contributed by atoms with Gasteiger partial charge in [0.05, 0.1) is 0 Å². The van der Waals surface area contributed by atoms with Gasteiger partial charge < -0.3 is 0 Å². The highest BCUT2D eigenvalue weighted by Gasteiger charge is 2.08. The molecule has 0 fully saturated rings. The second-order valence-corrected chi connectivity index (χ2v) is 5.59. The second-order valence-electron chi connectivity index (χ2n) is 5.59. The first kappa shape index (κ1) is 11.6. The van der Waals surface area contributed by atoms with Gasteiger partial charge in [0.15, 0.2) is 0 Å². The van der Waals surface area contributed by atoms with Crippen LogP contribution in [0.2, 0.25) is 0 Å². The van der Waals surface area contributed by atoms with Gasteiger partial charge in [-0.15, -0.1) is 0 Å². The fourth-order valence-electron chi connectivity index (χ4n) is 3.37. The Hall–Kier alpha value is -3.00. The molecule has 0 spiro atoms. The van der Waals surface area contributed by atoms with Crippen molar-refractivity contribution in [3.63, 3.8) is 0 Å². The van der Waals surface area contributed by atoms with Crippen molar-refractivity contribution in [3.8, 4) is 0 Å². The van der Waals surface area contributed by atoms with Crippen molar-refractivity contribution in [2.24, 2.45) is 0 Å². The van der Waals surface area contributed by atoms with E-state index in [1.165, 1.54) is 43.1 Å². The third kappa shape index (κ3) is 1.49. The topological polar surface area (TPSA) is 25.8 Å². The van der Waals surface area contributed by atoms with E-state index >= 15 is 0 Å². The number of benzene rings is 3. The Labute approximate surface area is 127 Å². The molecule has 22 heavy (non-hydrogen) atoms. The molecule has 0 aliphatic heterocycles. The number of hydrogen-bond acceptors (Lipinski definition) is 2. The molecular formula is C20H12N2. The maximum absolute atomic E-state index is 4.33. The smallest absolute Gasteiger partial charge is 0.0352 e. The van der Waals surface area contributed by atoms with Gasteiger partial charge in [0, 0.05) is 35.6 Å². The molecule has 2 nitrogen and oxygen atoms in total. The van der Waals surface area contributed by atoms with Gasteiger partial charge in [-0.3, -0.25) is 9.97 Å². The van der Waals surface area contributed by atoms with Crippen molar-refractivity contribution in [1.82, 2.24) is 9.97 Å². The van der Waals surface area contributed by atoms with Gasteiger partial charge in [0.1, 0.15) is 0 Å². The standard InChI is InChI=1S/C20H12N2/c1-3-15-5-6-16-4-2-14-8-10-22-12-18(14)20(16)19(15)17-11-21-9-7-13(1)17/h1-12H. The maximum atomic E-state index is 4.33. The van der Waals surface area contributed by atoms with Crippen molar-refractivity contribution in [2.45, 2.75) is 0 Å². The maximum Gasteiger partial charge on any atom is 0.0352 e. The summed E-state index contributed by atoms with van der Waals surface area (Å²) in [7, 11) is 0. The summed E-state index contributed by atoms with van der Waals surface area (Å²) in [6.07, 6.45) is 7.62. The van der Waals surface area contributed by atoms with Gasteiger partial charge in [-0.2, -0.15) is 0 Å². The lowest BCUT2D eigenvalue weighted by Crippen LogP contribution is -1.84. The quantitative estimate of drug-likeness (QED) is 0.369. The zero-order chi connectivity index (χ0) is 14.5. The molecule has 0 unspecified atom stereocenters. The molecule has 0 atom stereocenters. The van der Waals surface area contributed by atoms with Crippen molar-refractivity contribution >= 4 is 43.1 Å². The summed E-state index contributed by atoms with van der Waals surface area (Å²) < 4.78 is 0. The van der Waals surface area contributed by atoms with Gasteiger partial charge in [-0.1, -0.05) is 36.4 Å². The number of nitrogens with zero attached hydrogens (tertiary/aromatic N) is 2. The molecule has 0 N–H and O–H groups in total. The lowest BCUT2D eigenvalue weighted by molar-refractivity contribution is 1.37. The molecule has 3 aromatic carbocycles. The lowest BCUT2D eigenvalue weighted by Gasteiger charge is -2.10. The van der Waals surface area contributed by atoms with Crippen LogP contribution in [0.4, 0.5) is 0 Å². The Morgan fingerprint density at radius 2 is 0.864 bits per heavy atom. The molecule has 0 saturated heterocycles. The summed E-state index contributed by atoms with van der Waals surface area (Å²) in [5.41, 5.74) is 0. The summed E-state index contributed by atoms with van der Waals surface area (Å²) in [6.45, 7) is 0. The average Bonchev–Trinajstić information content (AvgIpc) is 2.60. The van der Waals surface area contributed by atoms with Gasteiger partial charge in [0.2, 0.25) is 0 Å². The fourth-order valence-corrected chi connectivity index (χ4v) is 3.37. The summed E-state index contributed by atoms with van der Waals surface area (Å²) in [4.78, 5) is 8.67. The third-order valence-corrected chi connectivity index (χ3v) is 4.40. The predicted molar refractivity (Wildman–Crippen MR) is 92.1 cm³/mol. The van der Waals surface area contributed by atoms with E-state index in [-0.39, 0.29) is 0 Å². The number of rotatable bonds is 0. The zero-order valence-electron chi connectivity index (χ0n) is 11.8. The minimum Gasteiger partial charge on any atom is -0.264 e.